The van der Waals surface area contributed by atoms with E-state index in [9.17, 15) is 4.79 Å². The van der Waals surface area contributed by atoms with Crippen molar-refractivity contribution in [1.82, 2.24) is 15.0 Å². The maximum atomic E-state index is 12.5. The summed E-state index contributed by atoms with van der Waals surface area (Å²) in [4.78, 5) is 25.5. The highest BCUT2D eigenvalue weighted by molar-refractivity contribution is 6.03. The van der Waals surface area contributed by atoms with Crippen molar-refractivity contribution in [3.8, 4) is 5.75 Å². The third-order valence-corrected chi connectivity index (χ3v) is 4.10. The fourth-order valence-electron chi connectivity index (χ4n) is 2.77. The molecule has 2 heterocycles. The quantitative estimate of drug-likeness (QED) is 0.551. The van der Waals surface area contributed by atoms with E-state index >= 15 is 0 Å². The zero-order valence-corrected chi connectivity index (χ0v) is 15.1. The Morgan fingerprint density at radius 2 is 1.82 bits per heavy atom. The van der Waals surface area contributed by atoms with E-state index in [0.717, 1.165) is 16.6 Å². The molecule has 2 aromatic carbocycles. The van der Waals surface area contributed by atoms with Crippen molar-refractivity contribution in [2.45, 2.75) is 0 Å². The highest BCUT2D eigenvalue weighted by atomic mass is 16.5. The van der Waals surface area contributed by atoms with Crippen molar-refractivity contribution in [3.05, 3.63) is 78.8 Å². The van der Waals surface area contributed by atoms with Crippen LogP contribution in [0.15, 0.2) is 73.1 Å². The van der Waals surface area contributed by atoms with Crippen LogP contribution in [-0.2, 0) is 0 Å². The molecule has 7 heteroatoms. The van der Waals surface area contributed by atoms with Crippen LogP contribution >= 0.6 is 0 Å². The predicted molar refractivity (Wildman–Crippen MR) is 108 cm³/mol. The number of aromatic nitrogens is 3. The minimum absolute atomic E-state index is 0.244. The molecule has 0 unspecified atom stereocenters. The normalized spacial score (nSPS) is 10.5. The van der Waals surface area contributed by atoms with E-state index in [1.165, 1.54) is 6.20 Å². The summed E-state index contributed by atoms with van der Waals surface area (Å²) >= 11 is 0. The van der Waals surface area contributed by atoms with Gasteiger partial charge in [-0.05, 0) is 30.3 Å². The van der Waals surface area contributed by atoms with Crippen molar-refractivity contribution in [1.29, 1.82) is 0 Å². The van der Waals surface area contributed by atoms with Gasteiger partial charge in [0.15, 0.2) is 0 Å². The number of amides is 1. The summed E-state index contributed by atoms with van der Waals surface area (Å²) in [5, 5.41) is 6.94. The molecule has 0 bridgehead atoms. The van der Waals surface area contributed by atoms with Crippen LogP contribution < -0.4 is 15.4 Å². The summed E-state index contributed by atoms with van der Waals surface area (Å²) in [6, 6.07) is 18.3. The molecule has 2 aromatic heterocycles. The number of nitrogens with zero attached hydrogens (tertiary/aromatic N) is 3. The maximum Gasteiger partial charge on any atom is 0.274 e. The first-order valence-electron chi connectivity index (χ1n) is 8.62. The molecule has 1 amide bonds. The molecule has 0 atom stereocenters. The molecular weight excluding hydrogens is 354 g/mol. The summed E-state index contributed by atoms with van der Waals surface area (Å²) in [5.41, 5.74) is 2.44. The van der Waals surface area contributed by atoms with Crippen LogP contribution in [0.2, 0.25) is 0 Å². The number of nitrogens with one attached hydrogen (secondary N) is 2. The predicted octanol–water partition coefficient (Wildman–Crippen LogP) is 4.03. The minimum Gasteiger partial charge on any atom is -0.497 e. The van der Waals surface area contributed by atoms with Crippen LogP contribution in [0, 0.1) is 0 Å². The van der Waals surface area contributed by atoms with E-state index in [0.29, 0.717) is 17.4 Å². The molecule has 0 radical (unpaired) electrons. The molecule has 2 N–H and O–H groups in total. The van der Waals surface area contributed by atoms with Crippen LogP contribution in [-0.4, -0.2) is 28.0 Å². The number of para-hydroxylation sites is 1. The van der Waals surface area contributed by atoms with Crippen molar-refractivity contribution in [2.24, 2.45) is 0 Å². The van der Waals surface area contributed by atoms with Gasteiger partial charge in [0, 0.05) is 29.5 Å². The lowest BCUT2D eigenvalue weighted by Gasteiger charge is -2.09. The Balaban J connectivity index is 1.56. The Kier molecular flexibility index (Phi) is 4.79. The van der Waals surface area contributed by atoms with E-state index in [1.807, 2.05) is 30.3 Å². The monoisotopic (exact) mass is 371 g/mol. The standard InChI is InChI=1S/C21H17N5O2/c1-28-16-8-3-7-15(13-16)24-20(27)18-10-12-23-21(26-18)25-17-9-2-5-14-6-4-11-22-19(14)17/h2-13H,1H3,(H,24,27)(H,23,25,26). The van der Waals surface area contributed by atoms with Gasteiger partial charge in [-0.15, -0.1) is 0 Å². The molecule has 4 aromatic rings. The van der Waals surface area contributed by atoms with Crippen molar-refractivity contribution in [3.63, 3.8) is 0 Å². The molecule has 4 rings (SSSR count). The molecule has 0 saturated carbocycles. The maximum absolute atomic E-state index is 12.5. The van der Waals surface area contributed by atoms with Crippen LogP contribution in [0.5, 0.6) is 5.75 Å². The summed E-state index contributed by atoms with van der Waals surface area (Å²) in [7, 11) is 1.57. The highest BCUT2D eigenvalue weighted by Gasteiger charge is 2.11. The van der Waals surface area contributed by atoms with Gasteiger partial charge >= 0.3 is 0 Å². The van der Waals surface area contributed by atoms with E-state index < -0.39 is 0 Å². The number of benzene rings is 2. The number of ether oxygens (including phenoxy) is 1. The van der Waals surface area contributed by atoms with Gasteiger partial charge in [-0.1, -0.05) is 24.3 Å². The van der Waals surface area contributed by atoms with Gasteiger partial charge < -0.3 is 15.4 Å². The largest absolute Gasteiger partial charge is 0.497 e. The number of anilines is 3. The van der Waals surface area contributed by atoms with Gasteiger partial charge in [-0.25, -0.2) is 9.97 Å². The van der Waals surface area contributed by atoms with Crippen molar-refractivity contribution >= 4 is 34.1 Å². The van der Waals surface area contributed by atoms with E-state index in [-0.39, 0.29) is 11.6 Å². The topological polar surface area (TPSA) is 89.0 Å². The Bertz CT molecular complexity index is 1140. The number of carbonyl (C=O) groups excluding carboxylic acids is 1. The Hall–Kier alpha value is -4.00. The zero-order chi connectivity index (χ0) is 19.3. The number of carbonyl (C=O) groups is 1. The van der Waals surface area contributed by atoms with Crippen LogP contribution in [0.4, 0.5) is 17.3 Å². The SMILES string of the molecule is COc1cccc(NC(=O)c2ccnc(Nc3cccc4cccnc34)n2)c1. The summed E-state index contributed by atoms with van der Waals surface area (Å²) in [6.45, 7) is 0. The molecular formula is C21H17N5O2. The molecule has 7 nitrogen and oxygen atoms in total. The minimum atomic E-state index is -0.338. The van der Waals surface area contributed by atoms with Crippen LogP contribution in [0.25, 0.3) is 10.9 Å². The molecule has 0 aliphatic carbocycles. The van der Waals surface area contributed by atoms with Gasteiger partial charge in [-0.2, -0.15) is 0 Å². The van der Waals surface area contributed by atoms with Crippen LogP contribution in [0.3, 0.4) is 0 Å². The fraction of sp³-hybridized carbons (Fsp3) is 0.0476. The molecule has 0 aliphatic heterocycles. The molecule has 0 spiro atoms. The number of hydrogen-bond donors (Lipinski definition) is 2. The van der Waals surface area contributed by atoms with Gasteiger partial charge in [0.05, 0.1) is 18.3 Å². The lowest BCUT2D eigenvalue weighted by Crippen LogP contribution is -2.14. The Morgan fingerprint density at radius 3 is 2.71 bits per heavy atom. The lowest BCUT2D eigenvalue weighted by molar-refractivity contribution is 0.102. The van der Waals surface area contributed by atoms with Gasteiger partial charge in [0.1, 0.15) is 11.4 Å². The van der Waals surface area contributed by atoms with Gasteiger partial charge in [0.2, 0.25) is 5.95 Å². The number of fused-ring (bicyclic) bond motifs is 1. The summed E-state index contributed by atoms with van der Waals surface area (Å²) < 4.78 is 5.17. The second-order valence-electron chi connectivity index (χ2n) is 5.96. The average Bonchev–Trinajstić information content (AvgIpc) is 2.74. The Morgan fingerprint density at radius 1 is 0.964 bits per heavy atom. The highest BCUT2D eigenvalue weighted by Crippen LogP contribution is 2.23. The van der Waals surface area contributed by atoms with Crippen molar-refractivity contribution in [2.75, 3.05) is 17.7 Å². The first kappa shape index (κ1) is 17.4. The second kappa shape index (κ2) is 7.71. The second-order valence-corrected chi connectivity index (χ2v) is 5.96. The Labute approximate surface area is 161 Å². The fourth-order valence-corrected chi connectivity index (χ4v) is 2.77. The first-order valence-corrected chi connectivity index (χ1v) is 8.62. The lowest BCUT2D eigenvalue weighted by atomic mass is 10.2. The smallest absolute Gasteiger partial charge is 0.274 e. The molecule has 138 valence electrons. The van der Waals surface area contributed by atoms with Gasteiger partial charge in [-0.3, -0.25) is 9.78 Å². The summed E-state index contributed by atoms with van der Waals surface area (Å²) in [6.07, 6.45) is 3.26. The molecule has 0 fully saturated rings. The van der Waals surface area contributed by atoms with Crippen molar-refractivity contribution < 1.29 is 9.53 Å². The molecule has 0 saturated heterocycles. The van der Waals surface area contributed by atoms with Crippen LogP contribution in [0.1, 0.15) is 10.5 Å². The average molecular weight is 371 g/mol. The third kappa shape index (κ3) is 3.73. The summed E-state index contributed by atoms with van der Waals surface area (Å²) in [5.74, 6) is 0.637. The zero-order valence-electron chi connectivity index (χ0n) is 15.1. The number of pyridine rings is 1. The third-order valence-electron chi connectivity index (χ3n) is 4.10. The van der Waals surface area contributed by atoms with Gasteiger partial charge in [0.25, 0.3) is 5.91 Å². The van der Waals surface area contributed by atoms with E-state index in [2.05, 4.69) is 25.6 Å². The van der Waals surface area contributed by atoms with E-state index in [4.69, 9.17) is 4.74 Å². The molecule has 28 heavy (non-hydrogen) atoms. The number of rotatable bonds is 5. The first-order chi connectivity index (χ1) is 13.7. The molecule has 0 aliphatic rings. The van der Waals surface area contributed by atoms with E-state index in [1.54, 1.807) is 43.6 Å². The number of methoxy groups -OCH3 is 1. The number of hydrogen-bond acceptors (Lipinski definition) is 6.